The van der Waals surface area contributed by atoms with Gasteiger partial charge in [-0.2, -0.15) is 0 Å². The zero-order chi connectivity index (χ0) is 25.7. The van der Waals surface area contributed by atoms with Crippen molar-refractivity contribution in [2.24, 2.45) is 0 Å². The zero-order valence-corrected chi connectivity index (χ0v) is 21.7. The van der Waals surface area contributed by atoms with Gasteiger partial charge in [-0.05, 0) is 57.5 Å². The van der Waals surface area contributed by atoms with Crippen molar-refractivity contribution in [3.63, 3.8) is 0 Å². The number of hydrogen-bond acceptors (Lipinski definition) is 5. The fourth-order valence-electron chi connectivity index (χ4n) is 4.67. The lowest BCUT2D eigenvalue weighted by Crippen LogP contribution is -2.28. The van der Waals surface area contributed by atoms with Crippen LogP contribution in [0.2, 0.25) is 0 Å². The number of ether oxygens (including phenoxy) is 1. The van der Waals surface area contributed by atoms with Crippen LogP contribution in [0.25, 0.3) is 10.9 Å². The van der Waals surface area contributed by atoms with Crippen molar-refractivity contribution in [1.82, 2.24) is 8.87 Å². The highest BCUT2D eigenvalue weighted by Crippen LogP contribution is 2.48. The number of rotatable bonds is 6. The van der Waals surface area contributed by atoms with E-state index < -0.39 is 27.7 Å². The molecule has 0 bridgehead atoms. The Bertz CT molecular complexity index is 1520. The van der Waals surface area contributed by atoms with Gasteiger partial charge in [0.25, 0.3) is 10.0 Å². The number of aromatic nitrogens is 1. The van der Waals surface area contributed by atoms with Gasteiger partial charge in [0, 0.05) is 11.9 Å². The molecule has 1 aromatic heterocycles. The van der Waals surface area contributed by atoms with Crippen LogP contribution in [0, 0.1) is 6.92 Å². The van der Waals surface area contributed by atoms with Crippen LogP contribution in [-0.2, 0) is 26.1 Å². The Morgan fingerprint density at radius 3 is 2.22 bits per heavy atom. The molecule has 2 heterocycles. The van der Waals surface area contributed by atoms with E-state index in [-0.39, 0.29) is 10.9 Å². The van der Waals surface area contributed by atoms with Crippen LogP contribution in [0.5, 0.6) is 0 Å². The van der Waals surface area contributed by atoms with Gasteiger partial charge in [-0.15, -0.1) is 0 Å². The van der Waals surface area contributed by atoms with Gasteiger partial charge in [0.05, 0.1) is 22.1 Å². The Balaban J connectivity index is 1.63. The minimum absolute atomic E-state index is 0.208. The van der Waals surface area contributed by atoms with Gasteiger partial charge in [0.1, 0.15) is 11.6 Å². The lowest BCUT2D eigenvalue weighted by molar-refractivity contribution is -0.155. The third kappa shape index (κ3) is 4.56. The molecule has 3 atom stereocenters. The maximum absolute atomic E-state index is 14.0. The van der Waals surface area contributed by atoms with E-state index >= 15 is 0 Å². The molecule has 0 saturated carbocycles. The van der Waals surface area contributed by atoms with E-state index in [0.717, 1.165) is 16.5 Å². The predicted octanol–water partition coefficient (Wildman–Crippen LogP) is 5.45. The SMILES string of the molecule is Cc1ccc(S(=O)(=O)n2c([C@H]3[C@H](C(=O)OC(C)(C)C)N3Cc3ccccc3)cc3ccccc32)cc1. The molecule has 5 rings (SSSR count). The molecule has 1 saturated heterocycles. The number of esters is 1. The molecular formula is C29H30N2O4S. The van der Waals surface area contributed by atoms with E-state index in [1.54, 1.807) is 30.3 Å². The van der Waals surface area contributed by atoms with Crippen LogP contribution in [0.15, 0.2) is 89.8 Å². The summed E-state index contributed by atoms with van der Waals surface area (Å²) >= 11 is 0. The van der Waals surface area contributed by atoms with E-state index in [1.165, 1.54) is 3.97 Å². The van der Waals surface area contributed by atoms with Crippen LogP contribution in [0.1, 0.15) is 43.6 Å². The minimum atomic E-state index is -3.92. The molecule has 186 valence electrons. The summed E-state index contributed by atoms with van der Waals surface area (Å²) in [5.41, 5.74) is 2.51. The number of fused-ring (bicyclic) bond motifs is 1. The number of aryl methyl sites for hydroxylation is 1. The number of benzene rings is 3. The summed E-state index contributed by atoms with van der Waals surface area (Å²) < 4.78 is 35.1. The Morgan fingerprint density at radius 1 is 0.917 bits per heavy atom. The van der Waals surface area contributed by atoms with E-state index in [2.05, 4.69) is 0 Å². The summed E-state index contributed by atoms with van der Waals surface area (Å²) in [6.45, 7) is 7.93. The average molecular weight is 503 g/mol. The van der Waals surface area contributed by atoms with E-state index in [9.17, 15) is 13.2 Å². The predicted molar refractivity (Wildman–Crippen MR) is 140 cm³/mol. The Labute approximate surface area is 212 Å². The van der Waals surface area contributed by atoms with Crippen molar-refractivity contribution < 1.29 is 17.9 Å². The van der Waals surface area contributed by atoms with Crippen molar-refractivity contribution in [3.05, 3.63) is 102 Å². The van der Waals surface area contributed by atoms with Crippen LogP contribution >= 0.6 is 0 Å². The van der Waals surface area contributed by atoms with Gasteiger partial charge in [-0.1, -0.05) is 66.2 Å². The molecule has 0 N–H and O–H groups in total. The molecule has 0 radical (unpaired) electrons. The van der Waals surface area contributed by atoms with Crippen molar-refractivity contribution in [2.45, 2.75) is 56.8 Å². The van der Waals surface area contributed by atoms with Gasteiger partial charge < -0.3 is 4.74 Å². The second kappa shape index (κ2) is 8.91. The number of carbonyl (C=O) groups excluding carboxylic acids is 1. The lowest BCUT2D eigenvalue weighted by Gasteiger charge is -2.19. The molecule has 1 aliphatic rings. The lowest BCUT2D eigenvalue weighted by atomic mass is 10.2. The first-order chi connectivity index (χ1) is 17.1. The molecule has 6 nitrogen and oxygen atoms in total. The normalized spacial score (nSPS) is 19.8. The monoisotopic (exact) mass is 502 g/mol. The standard InChI is InChI=1S/C29H30N2O4S/c1-20-14-16-23(17-15-20)36(33,34)31-24-13-9-8-12-22(24)18-25(31)26-27(28(32)35-29(2,3)4)30(26)19-21-10-6-5-7-11-21/h5-18,26-27H,19H2,1-4H3/t26-,27+,30?/m0/s1. The summed E-state index contributed by atoms with van der Waals surface area (Å²) in [6.07, 6.45) is 0. The number of hydrogen-bond donors (Lipinski definition) is 0. The Morgan fingerprint density at radius 2 is 1.56 bits per heavy atom. The average Bonchev–Trinajstić information content (AvgIpc) is 3.38. The molecule has 36 heavy (non-hydrogen) atoms. The molecule has 0 aliphatic carbocycles. The highest BCUT2D eigenvalue weighted by atomic mass is 32.2. The largest absolute Gasteiger partial charge is 0.459 e. The number of para-hydroxylation sites is 1. The highest BCUT2D eigenvalue weighted by molar-refractivity contribution is 7.90. The summed E-state index contributed by atoms with van der Waals surface area (Å²) in [7, 11) is -3.92. The van der Waals surface area contributed by atoms with Crippen LogP contribution in [0.4, 0.5) is 0 Å². The molecular weight excluding hydrogens is 472 g/mol. The summed E-state index contributed by atoms with van der Waals surface area (Å²) in [5, 5.41) is 0.803. The molecule has 1 fully saturated rings. The van der Waals surface area contributed by atoms with Crippen LogP contribution in [0.3, 0.4) is 0 Å². The smallest absolute Gasteiger partial charge is 0.325 e. The first kappa shape index (κ1) is 24.3. The van der Waals surface area contributed by atoms with Gasteiger partial charge >= 0.3 is 5.97 Å². The van der Waals surface area contributed by atoms with Gasteiger partial charge in [-0.3, -0.25) is 9.69 Å². The van der Waals surface area contributed by atoms with Crippen molar-refractivity contribution in [1.29, 1.82) is 0 Å². The summed E-state index contributed by atoms with van der Waals surface area (Å²) in [6, 6.07) is 25.0. The molecule has 3 aromatic carbocycles. The third-order valence-electron chi connectivity index (χ3n) is 6.34. The zero-order valence-electron chi connectivity index (χ0n) is 20.9. The number of carbonyl (C=O) groups is 1. The fraction of sp³-hybridized carbons (Fsp3) is 0.276. The van der Waals surface area contributed by atoms with Crippen LogP contribution in [-0.4, -0.2) is 34.9 Å². The minimum Gasteiger partial charge on any atom is -0.459 e. The Kier molecular flexibility index (Phi) is 6.01. The van der Waals surface area contributed by atoms with Crippen molar-refractivity contribution >= 4 is 26.9 Å². The summed E-state index contributed by atoms with van der Waals surface area (Å²) in [4.78, 5) is 15.5. The molecule has 0 amide bonds. The quantitative estimate of drug-likeness (QED) is 0.259. The molecule has 7 heteroatoms. The highest BCUT2D eigenvalue weighted by Gasteiger charge is 2.57. The van der Waals surface area contributed by atoms with Gasteiger partial charge in [0.2, 0.25) is 0 Å². The first-order valence-electron chi connectivity index (χ1n) is 12.0. The maximum atomic E-state index is 14.0. The summed E-state index contributed by atoms with van der Waals surface area (Å²) in [5.74, 6) is -0.354. The molecule has 1 aliphatic heterocycles. The maximum Gasteiger partial charge on any atom is 0.325 e. The topological polar surface area (TPSA) is 68.4 Å². The van der Waals surface area contributed by atoms with Gasteiger partial charge in [-0.25, -0.2) is 12.4 Å². The fourth-order valence-corrected chi connectivity index (χ4v) is 6.22. The molecule has 4 aromatic rings. The van der Waals surface area contributed by atoms with Crippen molar-refractivity contribution in [3.8, 4) is 0 Å². The molecule has 0 spiro atoms. The van der Waals surface area contributed by atoms with E-state index in [0.29, 0.717) is 17.8 Å². The van der Waals surface area contributed by atoms with E-state index in [1.807, 2.05) is 87.2 Å². The Hall–Kier alpha value is -3.42. The second-order valence-corrected chi connectivity index (χ2v) is 12.1. The van der Waals surface area contributed by atoms with E-state index in [4.69, 9.17) is 4.74 Å². The van der Waals surface area contributed by atoms with Crippen molar-refractivity contribution in [2.75, 3.05) is 0 Å². The van der Waals surface area contributed by atoms with Gasteiger partial charge in [0.15, 0.2) is 0 Å². The van der Waals surface area contributed by atoms with Crippen LogP contribution < -0.4 is 0 Å². The third-order valence-corrected chi connectivity index (χ3v) is 8.09. The molecule has 1 unspecified atom stereocenters. The second-order valence-electron chi connectivity index (χ2n) is 10.3. The number of nitrogens with zero attached hydrogens (tertiary/aromatic N) is 2. The first-order valence-corrected chi connectivity index (χ1v) is 13.5.